The smallest absolute Gasteiger partial charge is 0.352 e. The van der Waals surface area contributed by atoms with Crippen LogP contribution in [0.2, 0.25) is 0 Å². The van der Waals surface area contributed by atoms with E-state index in [9.17, 15) is 4.79 Å². The van der Waals surface area contributed by atoms with Gasteiger partial charge in [0.15, 0.2) is 0 Å². The van der Waals surface area contributed by atoms with Crippen LogP contribution in [0.3, 0.4) is 0 Å². The summed E-state index contributed by atoms with van der Waals surface area (Å²) in [4.78, 5) is 17.4. The quantitative estimate of drug-likeness (QED) is 0.132. The Morgan fingerprint density at radius 2 is 1.19 bits per heavy atom. The highest BCUT2D eigenvalue weighted by atomic mass is 16.7. The second kappa shape index (κ2) is 18.5. The lowest BCUT2D eigenvalue weighted by Crippen LogP contribution is -2.29. The minimum atomic E-state index is -0.280. The van der Waals surface area contributed by atoms with Crippen molar-refractivity contribution in [2.75, 3.05) is 13.1 Å². The van der Waals surface area contributed by atoms with Crippen LogP contribution in [0, 0.1) is 5.92 Å². The number of carbonyl (C=O) groups is 1. The zero-order valence-corrected chi connectivity index (χ0v) is 18.9. The van der Waals surface area contributed by atoms with Gasteiger partial charge in [0.05, 0.1) is 0 Å². The first-order valence-corrected chi connectivity index (χ1v) is 11.7. The molecule has 0 radical (unpaired) electrons. The maximum atomic E-state index is 11.9. The summed E-state index contributed by atoms with van der Waals surface area (Å²) in [5.74, 6) is -0.144. The maximum absolute atomic E-state index is 11.9. The minimum absolute atomic E-state index is 0.136. The van der Waals surface area contributed by atoms with E-state index < -0.39 is 0 Å². The average molecular weight is 382 g/mol. The third-order valence-corrected chi connectivity index (χ3v) is 5.28. The normalized spacial score (nSPS) is 11.3. The topological polar surface area (TPSA) is 29.5 Å². The largest absolute Gasteiger partial charge is 0.364 e. The SMILES string of the molecule is C=C(C(=O)ON(CC)CCCCCCCCCCCCCCCC)C(C)C. The van der Waals surface area contributed by atoms with Crippen LogP contribution in [0.4, 0.5) is 0 Å². The molecule has 0 aliphatic heterocycles. The van der Waals surface area contributed by atoms with Crippen LogP contribution in [0.1, 0.15) is 118 Å². The van der Waals surface area contributed by atoms with Crippen LogP contribution in [0.5, 0.6) is 0 Å². The molecule has 0 saturated heterocycles. The number of hydroxylamine groups is 2. The number of nitrogens with zero attached hydrogens (tertiary/aromatic N) is 1. The molecule has 0 amide bonds. The molecule has 0 spiro atoms. The van der Waals surface area contributed by atoms with Crippen LogP contribution >= 0.6 is 0 Å². The van der Waals surface area contributed by atoms with Gasteiger partial charge in [0, 0.05) is 18.7 Å². The van der Waals surface area contributed by atoms with E-state index in [1.165, 1.54) is 83.5 Å². The Balaban J connectivity index is 3.46. The van der Waals surface area contributed by atoms with E-state index in [1.54, 1.807) is 5.06 Å². The second-order valence-electron chi connectivity index (χ2n) is 8.18. The third-order valence-electron chi connectivity index (χ3n) is 5.28. The van der Waals surface area contributed by atoms with Gasteiger partial charge in [-0.3, -0.25) is 0 Å². The van der Waals surface area contributed by atoms with E-state index in [2.05, 4.69) is 13.5 Å². The monoisotopic (exact) mass is 381 g/mol. The Morgan fingerprint density at radius 1 is 0.778 bits per heavy atom. The highest BCUT2D eigenvalue weighted by Gasteiger charge is 2.15. The molecule has 3 heteroatoms. The molecular formula is C24H47NO2. The van der Waals surface area contributed by atoms with Gasteiger partial charge in [0.25, 0.3) is 0 Å². The molecule has 0 aromatic rings. The van der Waals surface area contributed by atoms with Gasteiger partial charge in [-0.25, -0.2) is 4.79 Å². The molecule has 0 aromatic heterocycles. The predicted molar refractivity (Wildman–Crippen MR) is 118 cm³/mol. The molecule has 0 saturated carbocycles. The highest BCUT2D eigenvalue weighted by molar-refractivity contribution is 5.87. The highest BCUT2D eigenvalue weighted by Crippen LogP contribution is 2.14. The fraction of sp³-hybridized carbons (Fsp3) is 0.875. The second-order valence-corrected chi connectivity index (χ2v) is 8.18. The van der Waals surface area contributed by atoms with E-state index in [0.717, 1.165) is 19.5 Å². The fourth-order valence-electron chi connectivity index (χ4n) is 3.16. The van der Waals surface area contributed by atoms with Crippen molar-refractivity contribution < 1.29 is 9.63 Å². The van der Waals surface area contributed by atoms with Gasteiger partial charge in [-0.2, -0.15) is 0 Å². The zero-order chi connectivity index (χ0) is 20.3. The van der Waals surface area contributed by atoms with Gasteiger partial charge in [0.1, 0.15) is 0 Å². The molecule has 0 aliphatic carbocycles. The Kier molecular flexibility index (Phi) is 18.0. The molecule has 0 fully saturated rings. The van der Waals surface area contributed by atoms with Crippen molar-refractivity contribution in [3.05, 3.63) is 12.2 Å². The van der Waals surface area contributed by atoms with Crippen molar-refractivity contribution in [3.63, 3.8) is 0 Å². The van der Waals surface area contributed by atoms with Crippen molar-refractivity contribution >= 4 is 5.97 Å². The molecule has 0 aliphatic rings. The zero-order valence-electron chi connectivity index (χ0n) is 18.9. The van der Waals surface area contributed by atoms with Gasteiger partial charge >= 0.3 is 5.97 Å². The van der Waals surface area contributed by atoms with Crippen LogP contribution in [-0.4, -0.2) is 24.1 Å². The lowest BCUT2D eigenvalue weighted by Gasteiger charge is -2.20. The summed E-state index contributed by atoms with van der Waals surface area (Å²) in [5, 5.41) is 1.77. The Bertz CT molecular complexity index is 365. The average Bonchev–Trinajstić information content (AvgIpc) is 2.66. The first-order chi connectivity index (χ1) is 13.0. The van der Waals surface area contributed by atoms with E-state index in [4.69, 9.17) is 4.84 Å². The summed E-state index contributed by atoms with van der Waals surface area (Å²) >= 11 is 0. The summed E-state index contributed by atoms with van der Waals surface area (Å²) in [6, 6.07) is 0. The fourth-order valence-corrected chi connectivity index (χ4v) is 3.16. The molecule has 3 nitrogen and oxygen atoms in total. The molecule has 160 valence electrons. The van der Waals surface area contributed by atoms with Crippen LogP contribution in [0.25, 0.3) is 0 Å². The number of unbranched alkanes of at least 4 members (excludes halogenated alkanes) is 13. The van der Waals surface area contributed by atoms with E-state index >= 15 is 0 Å². The molecule has 0 heterocycles. The number of hydrogen-bond donors (Lipinski definition) is 0. The van der Waals surface area contributed by atoms with E-state index in [-0.39, 0.29) is 11.9 Å². The van der Waals surface area contributed by atoms with Crippen molar-refractivity contribution in [2.24, 2.45) is 5.92 Å². The van der Waals surface area contributed by atoms with Crippen LogP contribution in [0.15, 0.2) is 12.2 Å². The first kappa shape index (κ1) is 26.2. The number of carbonyl (C=O) groups excluding carboxylic acids is 1. The first-order valence-electron chi connectivity index (χ1n) is 11.7. The van der Waals surface area contributed by atoms with Gasteiger partial charge < -0.3 is 4.84 Å². The van der Waals surface area contributed by atoms with Gasteiger partial charge in [-0.15, -0.1) is 5.06 Å². The summed E-state index contributed by atoms with van der Waals surface area (Å²) in [7, 11) is 0. The van der Waals surface area contributed by atoms with Crippen molar-refractivity contribution in [3.8, 4) is 0 Å². The number of rotatable bonds is 19. The van der Waals surface area contributed by atoms with E-state index in [0.29, 0.717) is 5.57 Å². The van der Waals surface area contributed by atoms with Gasteiger partial charge in [-0.1, -0.05) is 111 Å². The molecule has 0 bridgehead atoms. The molecule has 0 N–H and O–H groups in total. The summed E-state index contributed by atoms with van der Waals surface area (Å²) in [5.41, 5.74) is 0.550. The number of hydrogen-bond acceptors (Lipinski definition) is 3. The Morgan fingerprint density at radius 3 is 1.56 bits per heavy atom. The lowest BCUT2D eigenvalue weighted by molar-refractivity contribution is -0.185. The van der Waals surface area contributed by atoms with Crippen molar-refractivity contribution in [2.45, 2.75) is 118 Å². The van der Waals surface area contributed by atoms with Crippen molar-refractivity contribution in [1.29, 1.82) is 0 Å². The minimum Gasteiger partial charge on any atom is -0.364 e. The molecule has 0 atom stereocenters. The maximum Gasteiger partial charge on any atom is 0.352 e. The molecule has 27 heavy (non-hydrogen) atoms. The van der Waals surface area contributed by atoms with Crippen LogP contribution < -0.4 is 0 Å². The molecule has 0 aromatic carbocycles. The summed E-state index contributed by atoms with van der Waals surface area (Å²) < 4.78 is 0. The molecule has 0 unspecified atom stereocenters. The molecule has 0 rings (SSSR count). The van der Waals surface area contributed by atoms with Crippen molar-refractivity contribution in [1.82, 2.24) is 5.06 Å². The predicted octanol–water partition coefficient (Wildman–Crippen LogP) is 7.46. The summed E-state index contributed by atoms with van der Waals surface area (Å²) in [6.07, 6.45) is 19.0. The lowest BCUT2D eigenvalue weighted by atomic mass is 10.0. The van der Waals surface area contributed by atoms with Gasteiger partial charge in [-0.05, 0) is 19.3 Å². The van der Waals surface area contributed by atoms with E-state index in [1.807, 2.05) is 20.8 Å². The molecular weight excluding hydrogens is 334 g/mol. The third kappa shape index (κ3) is 15.9. The van der Waals surface area contributed by atoms with Gasteiger partial charge in [0.2, 0.25) is 0 Å². The Labute approximate surface area is 169 Å². The van der Waals surface area contributed by atoms with Crippen LogP contribution in [-0.2, 0) is 9.63 Å². The standard InChI is InChI=1S/C24H47NO2/c1-6-8-9-10-11-12-13-14-15-16-17-18-19-20-21-25(7-2)27-24(26)23(5)22(3)4/h22H,5-21H2,1-4H3. The summed E-state index contributed by atoms with van der Waals surface area (Å²) in [6.45, 7) is 13.6. The Hall–Kier alpha value is -0.830.